The lowest BCUT2D eigenvalue weighted by atomic mass is 10.1. The number of nitrogens with one attached hydrogen (secondary N) is 1. The second-order valence-electron chi connectivity index (χ2n) is 5.90. The molecule has 0 spiro atoms. The van der Waals surface area contributed by atoms with Crippen LogP contribution in [0.15, 0.2) is 59.5 Å². The molecule has 1 saturated heterocycles. The second kappa shape index (κ2) is 8.88. The van der Waals surface area contributed by atoms with Crippen molar-refractivity contribution in [3.05, 3.63) is 75.7 Å². The van der Waals surface area contributed by atoms with E-state index in [-0.39, 0.29) is 36.6 Å². The number of thioether (sulfide) groups is 1. The van der Waals surface area contributed by atoms with Crippen molar-refractivity contribution in [3.8, 4) is 0 Å². The molecule has 138 valence electrons. The summed E-state index contributed by atoms with van der Waals surface area (Å²) < 4.78 is 0. The summed E-state index contributed by atoms with van der Waals surface area (Å²) in [5.41, 5.74) is 1.66. The van der Waals surface area contributed by atoms with Crippen molar-refractivity contribution in [2.45, 2.75) is 6.42 Å². The van der Waals surface area contributed by atoms with Gasteiger partial charge in [0.2, 0.25) is 5.91 Å². The molecule has 0 bridgehead atoms. The third kappa shape index (κ3) is 5.21. The van der Waals surface area contributed by atoms with Crippen LogP contribution in [0.25, 0.3) is 6.08 Å². The van der Waals surface area contributed by atoms with Crippen molar-refractivity contribution in [3.63, 3.8) is 0 Å². The Morgan fingerprint density at radius 3 is 2.63 bits per heavy atom. The molecule has 1 aliphatic rings. The predicted octanol–water partition coefficient (Wildman–Crippen LogP) is 3.74. The highest BCUT2D eigenvalue weighted by Gasteiger charge is 2.34. The summed E-state index contributed by atoms with van der Waals surface area (Å²) in [6.07, 6.45) is 1.89. The molecule has 27 heavy (non-hydrogen) atoms. The first-order chi connectivity index (χ1) is 13.0. The van der Waals surface area contributed by atoms with Gasteiger partial charge < -0.3 is 5.32 Å². The Kier molecular flexibility index (Phi) is 6.32. The van der Waals surface area contributed by atoms with Crippen molar-refractivity contribution in [2.24, 2.45) is 0 Å². The summed E-state index contributed by atoms with van der Waals surface area (Å²) in [5.74, 6) is -0.526. The van der Waals surface area contributed by atoms with Gasteiger partial charge in [0.05, 0.1) is 11.3 Å². The predicted molar refractivity (Wildman–Crippen MR) is 107 cm³/mol. The first kappa shape index (κ1) is 19.2. The topological polar surface area (TPSA) is 66.5 Å². The van der Waals surface area contributed by atoms with E-state index >= 15 is 0 Å². The minimum atomic E-state index is -0.335. The van der Waals surface area contributed by atoms with Crippen LogP contribution in [0, 0.1) is 0 Å². The summed E-state index contributed by atoms with van der Waals surface area (Å²) in [4.78, 5) is 38.0. The Morgan fingerprint density at radius 1 is 1.11 bits per heavy atom. The molecule has 0 aliphatic carbocycles. The maximum Gasteiger partial charge on any atom is 0.293 e. The Bertz CT molecular complexity index is 899. The minimum absolute atomic E-state index is 0.137. The minimum Gasteiger partial charge on any atom is -0.354 e. The number of hydrogen-bond donors (Lipinski definition) is 1. The van der Waals surface area contributed by atoms with Crippen LogP contribution >= 0.6 is 23.4 Å². The van der Waals surface area contributed by atoms with Crippen molar-refractivity contribution in [2.75, 3.05) is 13.1 Å². The van der Waals surface area contributed by atoms with E-state index in [0.29, 0.717) is 9.93 Å². The van der Waals surface area contributed by atoms with Gasteiger partial charge in [-0.3, -0.25) is 19.3 Å². The average molecular weight is 401 g/mol. The Labute approximate surface area is 166 Å². The quantitative estimate of drug-likeness (QED) is 0.750. The molecule has 0 unspecified atom stereocenters. The molecule has 1 heterocycles. The third-order valence-corrected chi connectivity index (χ3v) is 5.02. The van der Waals surface area contributed by atoms with Gasteiger partial charge in [0.15, 0.2) is 0 Å². The lowest BCUT2D eigenvalue weighted by Crippen LogP contribution is -2.37. The smallest absolute Gasteiger partial charge is 0.293 e. The van der Waals surface area contributed by atoms with Gasteiger partial charge in [0, 0.05) is 18.1 Å². The van der Waals surface area contributed by atoms with Crippen LogP contribution in [0.2, 0.25) is 5.02 Å². The molecule has 1 aliphatic heterocycles. The summed E-state index contributed by atoms with van der Waals surface area (Å²) >= 11 is 6.81. The van der Waals surface area contributed by atoms with Gasteiger partial charge in [-0.25, -0.2) is 0 Å². The van der Waals surface area contributed by atoms with E-state index in [2.05, 4.69) is 5.32 Å². The zero-order valence-electron chi connectivity index (χ0n) is 14.4. The molecule has 0 radical (unpaired) electrons. The fourth-order valence-corrected chi connectivity index (χ4v) is 3.67. The van der Waals surface area contributed by atoms with Crippen LogP contribution in [-0.2, 0) is 16.0 Å². The maximum absolute atomic E-state index is 12.4. The number of halogens is 1. The highest BCUT2D eigenvalue weighted by molar-refractivity contribution is 8.18. The number of carbonyl (C=O) groups is 3. The van der Waals surface area contributed by atoms with Gasteiger partial charge in [-0.15, -0.1) is 0 Å². The number of imide groups is 1. The normalized spacial score (nSPS) is 15.4. The lowest BCUT2D eigenvalue weighted by molar-refractivity contribution is -0.124. The summed E-state index contributed by atoms with van der Waals surface area (Å²) in [6.45, 7) is 0.341. The monoisotopic (exact) mass is 400 g/mol. The Morgan fingerprint density at radius 2 is 1.89 bits per heavy atom. The molecule has 1 fully saturated rings. The van der Waals surface area contributed by atoms with Gasteiger partial charge in [-0.2, -0.15) is 0 Å². The van der Waals surface area contributed by atoms with E-state index in [9.17, 15) is 14.4 Å². The van der Waals surface area contributed by atoms with Crippen LogP contribution in [0.3, 0.4) is 0 Å². The van der Waals surface area contributed by atoms with Gasteiger partial charge in [-0.1, -0.05) is 54.1 Å². The molecule has 1 N–H and O–H groups in total. The van der Waals surface area contributed by atoms with E-state index in [0.717, 1.165) is 27.8 Å². The molecule has 3 amide bonds. The molecular weight excluding hydrogens is 384 g/mol. The number of carbonyl (C=O) groups excluding carboxylic acids is 3. The molecule has 2 aromatic carbocycles. The summed E-state index contributed by atoms with van der Waals surface area (Å²) in [7, 11) is 0. The van der Waals surface area contributed by atoms with Gasteiger partial charge >= 0.3 is 0 Å². The van der Waals surface area contributed by atoms with E-state index in [1.54, 1.807) is 24.3 Å². The van der Waals surface area contributed by atoms with Crippen LogP contribution in [0.4, 0.5) is 4.79 Å². The first-order valence-electron chi connectivity index (χ1n) is 8.34. The molecule has 5 nitrogen and oxygen atoms in total. The van der Waals surface area contributed by atoms with Gasteiger partial charge in [0.25, 0.3) is 11.1 Å². The van der Waals surface area contributed by atoms with E-state index < -0.39 is 0 Å². The number of benzene rings is 2. The van der Waals surface area contributed by atoms with Crippen LogP contribution in [0.1, 0.15) is 11.1 Å². The SMILES string of the molecule is O=C(Cc1cccc(Cl)c1)NCCN1C(=O)S/C(=C/c2ccccc2)C1=O. The van der Waals surface area contributed by atoms with Crippen molar-refractivity contribution < 1.29 is 14.4 Å². The van der Waals surface area contributed by atoms with E-state index in [1.165, 1.54) is 0 Å². The Hall–Kier alpha value is -2.57. The van der Waals surface area contributed by atoms with E-state index in [1.807, 2.05) is 36.4 Å². The number of amides is 3. The molecule has 0 saturated carbocycles. The maximum atomic E-state index is 12.4. The van der Waals surface area contributed by atoms with Crippen molar-refractivity contribution in [1.29, 1.82) is 0 Å². The molecule has 0 atom stereocenters. The fraction of sp³-hybridized carbons (Fsp3) is 0.150. The second-order valence-corrected chi connectivity index (χ2v) is 7.33. The first-order valence-corrected chi connectivity index (χ1v) is 9.54. The highest BCUT2D eigenvalue weighted by Crippen LogP contribution is 2.31. The van der Waals surface area contributed by atoms with Gasteiger partial charge in [0.1, 0.15) is 0 Å². The summed E-state index contributed by atoms with van der Waals surface area (Å²) in [5, 5.41) is 2.97. The highest BCUT2D eigenvalue weighted by atomic mass is 35.5. The fourth-order valence-electron chi connectivity index (χ4n) is 2.60. The number of hydrogen-bond acceptors (Lipinski definition) is 4. The van der Waals surface area contributed by atoms with Crippen molar-refractivity contribution in [1.82, 2.24) is 10.2 Å². The van der Waals surface area contributed by atoms with Crippen LogP contribution in [-0.4, -0.2) is 35.0 Å². The van der Waals surface area contributed by atoms with E-state index in [4.69, 9.17) is 11.6 Å². The Balaban J connectivity index is 1.52. The lowest BCUT2D eigenvalue weighted by Gasteiger charge is -2.13. The number of rotatable bonds is 6. The van der Waals surface area contributed by atoms with Crippen LogP contribution < -0.4 is 5.32 Å². The molecule has 7 heteroatoms. The zero-order valence-corrected chi connectivity index (χ0v) is 15.9. The number of nitrogens with zero attached hydrogens (tertiary/aromatic N) is 1. The third-order valence-electron chi connectivity index (χ3n) is 3.88. The van der Waals surface area contributed by atoms with Gasteiger partial charge in [-0.05, 0) is 41.1 Å². The zero-order chi connectivity index (χ0) is 19.2. The van der Waals surface area contributed by atoms with Crippen LogP contribution in [0.5, 0.6) is 0 Å². The largest absolute Gasteiger partial charge is 0.354 e. The average Bonchev–Trinajstić information content (AvgIpc) is 2.90. The van der Waals surface area contributed by atoms with Crippen molar-refractivity contribution >= 4 is 46.5 Å². The standard InChI is InChI=1S/C20H17ClN2O3S/c21-16-8-4-7-15(11-16)13-18(24)22-9-10-23-19(25)17(27-20(23)26)12-14-5-2-1-3-6-14/h1-8,11-12H,9-10,13H2,(H,22,24)/b17-12+. The molecule has 3 rings (SSSR count). The molecular formula is C20H17ClN2O3S. The summed E-state index contributed by atoms with van der Waals surface area (Å²) in [6, 6.07) is 16.4. The molecule has 2 aromatic rings. The molecule has 0 aromatic heterocycles.